The maximum atomic E-state index is 13.3. The Balaban J connectivity index is 1.95. The second kappa shape index (κ2) is 9.39. The van der Waals surface area contributed by atoms with Crippen molar-refractivity contribution in [2.24, 2.45) is 0 Å². The molecule has 1 fully saturated rings. The number of nitrogens with one attached hydrogen (secondary N) is 1. The van der Waals surface area contributed by atoms with Gasteiger partial charge in [-0.1, -0.05) is 11.6 Å². The average Bonchev–Trinajstić information content (AvgIpc) is 3.07. The van der Waals surface area contributed by atoms with Gasteiger partial charge in [-0.05, 0) is 37.6 Å². The van der Waals surface area contributed by atoms with Crippen LogP contribution in [-0.4, -0.2) is 67.7 Å². The van der Waals surface area contributed by atoms with Crippen molar-refractivity contribution in [3.8, 4) is 0 Å². The van der Waals surface area contributed by atoms with Gasteiger partial charge in [0.2, 0.25) is 10.0 Å². The molecular formula is C19H23ClFNO8S. The van der Waals surface area contributed by atoms with Crippen LogP contribution in [0.1, 0.15) is 19.8 Å². The zero-order chi connectivity index (χ0) is 22.8. The minimum absolute atomic E-state index is 0.00735. The molecule has 0 aromatic heterocycles. The van der Waals surface area contributed by atoms with Gasteiger partial charge in [-0.15, -0.1) is 0 Å². The fraction of sp³-hybridized carbons (Fsp3) is 0.526. The number of hydrogen-bond acceptors (Lipinski definition) is 8. The summed E-state index contributed by atoms with van der Waals surface area (Å²) in [6, 6.07) is 3.18. The lowest BCUT2D eigenvalue weighted by Crippen LogP contribution is -2.42. The molecule has 1 aromatic carbocycles. The maximum absolute atomic E-state index is 13.3. The first-order valence-electron chi connectivity index (χ1n) is 9.58. The Morgan fingerprint density at radius 2 is 1.97 bits per heavy atom. The van der Waals surface area contributed by atoms with Gasteiger partial charge >= 0.3 is 5.97 Å². The second-order valence-electron chi connectivity index (χ2n) is 7.11. The summed E-state index contributed by atoms with van der Waals surface area (Å²) in [5.41, 5.74) is -0.255. The van der Waals surface area contributed by atoms with Gasteiger partial charge in [0.05, 0.1) is 36.1 Å². The fourth-order valence-electron chi connectivity index (χ4n) is 3.60. The quantitative estimate of drug-likeness (QED) is 0.499. The van der Waals surface area contributed by atoms with Crippen molar-refractivity contribution < 1.29 is 42.0 Å². The number of esters is 1. The summed E-state index contributed by atoms with van der Waals surface area (Å²) >= 11 is 5.93. The molecule has 3 atom stereocenters. The summed E-state index contributed by atoms with van der Waals surface area (Å²) in [7, 11) is -4.20. The van der Waals surface area contributed by atoms with Gasteiger partial charge in [0, 0.05) is 6.42 Å². The predicted octanol–water partition coefficient (Wildman–Crippen LogP) is 1.34. The zero-order valence-electron chi connectivity index (χ0n) is 16.6. The van der Waals surface area contributed by atoms with Crippen molar-refractivity contribution in [1.29, 1.82) is 0 Å². The van der Waals surface area contributed by atoms with E-state index in [2.05, 4.69) is 4.72 Å². The number of sulfonamides is 1. The third-order valence-corrected chi connectivity index (χ3v) is 7.08. The van der Waals surface area contributed by atoms with Gasteiger partial charge < -0.3 is 24.4 Å². The topological polar surface area (TPSA) is 131 Å². The van der Waals surface area contributed by atoms with E-state index in [0.29, 0.717) is 0 Å². The molecule has 0 saturated carbocycles. The molecule has 2 aliphatic rings. The standard InChI is InChI=1S/C19H23ClFNO8S/c1-2-28-18(25)12-8-19(29-15(9-23)16(10-24)30-19)6-5-17(12)31(26,27)22-14-4-3-11(21)7-13(14)20/h3-4,7-8,15-17,22-24H,2,5-6,9-10H2,1H3. The molecule has 1 aliphatic carbocycles. The highest BCUT2D eigenvalue weighted by molar-refractivity contribution is 7.93. The number of carbonyl (C=O) groups excluding carboxylic acids is 1. The highest BCUT2D eigenvalue weighted by atomic mass is 35.5. The summed E-state index contributed by atoms with van der Waals surface area (Å²) in [6.07, 6.45) is -0.507. The molecule has 3 N–H and O–H groups in total. The Kier molecular flexibility index (Phi) is 7.24. The Hall–Kier alpha value is -1.76. The minimum atomic E-state index is -4.20. The Morgan fingerprint density at radius 1 is 1.32 bits per heavy atom. The van der Waals surface area contributed by atoms with E-state index in [0.717, 1.165) is 12.1 Å². The molecule has 3 unspecified atom stereocenters. The molecule has 12 heteroatoms. The molecule has 9 nitrogen and oxygen atoms in total. The Morgan fingerprint density at radius 3 is 2.52 bits per heavy atom. The Labute approximate surface area is 183 Å². The molecule has 0 bridgehead atoms. The lowest BCUT2D eigenvalue weighted by atomic mass is 9.94. The number of aliphatic hydroxyl groups is 2. The number of hydrogen-bond donors (Lipinski definition) is 3. The van der Waals surface area contributed by atoms with Crippen LogP contribution in [0, 0.1) is 5.82 Å². The van der Waals surface area contributed by atoms with Crippen molar-refractivity contribution >= 4 is 33.3 Å². The van der Waals surface area contributed by atoms with Crippen molar-refractivity contribution in [1.82, 2.24) is 0 Å². The molecule has 0 radical (unpaired) electrons. The van der Waals surface area contributed by atoms with E-state index in [-0.39, 0.29) is 35.7 Å². The van der Waals surface area contributed by atoms with Crippen LogP contribution < -0.4 is 4.72 Å². The number of benzene rings is 1. The number of ether oxygens (including phenoxy) is 3. The van der Waals surface area contributed by atoms with Gasteiger partial charge in [-0.2, -0.15) is 0 Å². The predicted molar refractivity (Wildman–Crippen MR) is 108 cm³/mol. The van der Waals surface area contributed by atoms with Crippen molar-refractivity contribution in [3.05, 3.63) is 40.7 Å². The van der Waals surface area contributed by atoms with E-state index in [4.69, 9.17) is 25.8 Å². The maximum Gasteiger partial charge on any atom is 0.335 e. The van der Waals surface area contributed by atoms with Crippen LogP contribution in [0.3, 0.4) is 0 Å². The van der Waals surface area contributed by atoms with Gasteiger partial charge in [0.15, 0.2) is 5.79 Å². The summed E-state index contributed by atoms with van der Waals surface area (Å²) in [4.78, 5) is 12.6. The highest BCUT2D eigenvalue weighted by Crippen LogP contribution is 2.41. The summed E-state index contributed by atoms with van der Waals surface area (Å²) in [6.45, 7) is 0.723. The largest absolute Gasteiger partial charge is 0.463 e. The van der Waals surface area contributed by atoms with E-state index in [1.165, 1.54) is 12.1 Å². The molecule has 1 aliphatic heterocycles. The lowest BCUT2D eigenvalue weighted by Gasteiger charge is -2.33. The number of halogens is 2. The van der Waals surface area contributed by atoms with Crippen LogP contribution in [0.2, 0.25) is 5.02 Å². The monoisotopic (exact) mass is 479 g/mol. The van der Waals surface area contributed by atoms with E-state index in [9.17, 15) is 27.8 Å². The number of aliphatic hydroxyl groups excluding tert-OH is 2. The minimum Gasteiger partial charge on any atom is -0.463 e. The van der Waals surface area contributed by atoms with E-state index in [1.807, 2.05) is 0 Å². The first-order valence-corrected chi connectivity index (χ1v) is 11.5. The van der Waals surface area contributed by atoms with Gasteiger partial charge in [-0.3, -0.25) is 4.72 Å². The molecular weight excluding hydrogens is 457 g/mol. The molecule has 1 aromatic rings. The molecule has 31 heavy (non-hydrogen) atoms. The lowest BCUT2D eigenvalue weighted by molar-refractivity contribution is -0.154. The summed E-state index contributed by atoms with van der Waals surface area (Å²) in [5, 5.41) is 17.4. The van der Waals surface area contributed by atoms with Crippen LogP contribution in [0.15, 0.2) is 29.8 Å². The van der Waals surface area contributed by atoms with Gasteiger partial charge in [-0.25, -0.2) is 17.6 Å². The van der Waals surface area contributed by atoms with Crippen LogP contribution in [0.4, 0.5) is 10.1 Å². The molecule has 3 rings (SSSR count). The zero-order valence-corrected chi connectivity index (χ0v) is 18.2. The molecule has 1 saturated heterocycles. The molecule has 1 spiro atoms. The van der Waals surface area contributed by atoms with Crippen molar-refractivity contribution in [2.45, 2.75) is 43.0 Å². The first-order chi connectivity index (χ1) is 14.6. The van der Waals surface area contributed by atoms with Gasteiger partial charge in [0.25, 0.3) is 0 Å². The van der Waals surface area contributed by atoms with Crippen molar-refractivity contribution in [2.75, 3.05) is 24.5 Å². The second-order valence-corrected chi connectivity index (χ2v) is 9.38. The SMILES string of the molecule is CCOC(=O)C1=CC2(CCC1S(=O)(=O)Nc1ccc(F)cc1Cl)OC(CO)C(CO)O2. The smallest absolute Gasteiger partial charge is 0.335 e. The Bertz CT molecular complexity index is 958. The van der Waals surface area contributed by atoms with Crippen molar-refractivity contribution in [3.63, 3.8) is 0 Å². The highest BCUT2D eigenvalue weighted by Gasteiger charge is 2.51. The van der Waals surface area contributed by atoms with Crippen LogP contribution in [-0.2, 0) is 29.0 Å². The third-order valence-electron chi connectivity index (χ3n) is 5.02. The summed E-state index contributed by atoms with van der Waals surface area (Å²) < 4.78 is 58.2. The van der Waals surface area contributed by atoms with E-state index in [1.54, 1.807) is 6.92 Å². The number of rotatable bonds is 7. The van der Waals surface area contributed by atoms with E-state index < -0.39 is 58.3 Å². The number of carbonyl (C=O) groups is 1. The first kappa shape index (κ1) is 23.9. The average molecular weight is 480 g/mol. The van der Waals surface area contributed by atoms with E-state index >= 15 is 0 Å². The summed E-state index contributed by atoms with van der Waals surface area (Å²) in [5.74, 6) is -2.99. The fourth-order valence-corrected chi connectivity index (χ4v) is 5.43. The third kappa shape index (κ3) is 5.02. The van der Waals surface area contributed by atoms with Crippen LogP contribution in [0.25, 0.3) is 0 Å². The van der Waals surface area contributed by atoms with Crippen LogP contribution >= 0.6 is 11.6 Å². The normalized spacial score (nSPS) is 28.4. The number of anilines is 1. The molecule has 172 valence electrons. The molecule has 0 amide bonds. The van der Waals surface area contributed by atoms with Gasteiger partial charge in [0.1, 0.15) is 23.3 Å². The van der Waals surface area contributed by atoms with Crippen LogP contribution in [0.5, 0.6) is 0 Å². The molecule has 1 heterocycles.